The van der Waals surface area contributed by atoms with Gasteiger partial charge in [-0.3, -0.25) is 0 Å². The van der Waals surface area contributed by atoms with Crippen LogP contribution in [0.15, 0.2) is 24.3 Å². The molecule has 0 radical (unpaired) electrons. The Bertz CT molecular complexity index is 427. The topological polar surface area (TPSA) is 12.0 Å². The Labute approximate surface area is 117 Å². The van der Waals surface area contributed by atoms with E-state index in [-0.39, 0.29) is 0 Å². The molecule has 0 bridgehead atoms. The van der Waals surface area contributed by atoms with Crippen molar-refractivity contribution in [3.63, 3.8) is 0 Å². The van der Waals surface area contributed by atoms with Crippen molar-refractivity contribution in [1.29, 1.82) is 0 Å². The van der Waals surface area contributed by atoms with Gasteiger partial charge in [0, 0.05) is 6.04 Å². The van der Waals surface area contributed by atoms with Crippen LogP contribution in [0.4, 0.5) is 0 Å². The number of hydrogen-bond acceptors (Lipinski definition) is 1. The van der Waals surface area contributed by atoms with Crippen molar-refractivity contribution in [1.82, 2.24) is 5.32 Å². The predicted molar refractivity (Wildman–Crippen MR) is 81.7 cm³/mol. The van der Waals surface area contributed by atoms with Crippen molar-refractivity contribution >= 4 is 0 Å². The zero-order valence-electron chi connectivity index (χ0n) is 12.4. The van der Waals surface area contributed by atoms with Gasteiger partial charge in [-0.15, -0.1) is 0 Å². The normalized spacial score (nSPS) is 20.3. The van der Waals surface area contributed by atoms with Gasteiger partial charge in [-0.1, -0.05) is 44.5 Å². The van der Waals surface area contributed by atoms with Crippen LogP contribution >= 0.6 is 0 Å². The summed E-state index contributed by atoms with van der Waals surface area (Å²) in [6, 6.07) is 10.2. The van der Waals surface area contributed by atoms with E-state index < -0.39 is 0 Å². The molecule has 0 aliphatic heterocycles. The average Bonchev–Trinajstić information content (AvgIpc) is 3.11. The van der Waals surface area contributed by atoms with Gasteiger partial charge in [-0.05, 0) is 61.1 Å². The summed E-state index contributed by atoms with van der Waals surface area (Å²) in [6.07, 6.45) is 8.22. The van der Waals surface area contributed by atoms with Crippen LogP contribution in [-0.4, -0.2) is 12.6 Å². The summed E-state index contributed by atoms with van der Waals surface area (Å²) in [5, 5.41) is 3.64. The Morgan fingerprint density at radius 2 is 1.95 bits per heavy atom. The Morgan fingerprint density at radius 3 is 2.58 bits per heavy atom. The van der Waals surface area contributed by atoms with E-state index in [0.29, 0.717) is 5.41 Å². The van der Waals surface area contributed by atoms with E-state index in [4.69, 9.17) is 0 Å². The predicted octanol–water partition coefficient (Wildman–Crippen LogP) is 4.37. The molecular formula is C18H27N. The van der Waals surface area contributed by atoms with E-state index in [2.05, 4.69) is 43.4 Å². The molecule has 2 fully saturated rings. The molecule has 0 saturated heterocycles. The van der Waals surface area contributed by atoms with E-state index in [9.17, 15) is 0 Å². The summed E-state index contributed by atoms with van der Waals surface area (Å²) >= 11 is 0. The van der Waals surface area contributed by atoms with Crippen molar-refractivity contribution < 1.29 is 0 Å². The fourth-order valence-electron chi connectivity index (χ4n) is 2.98. The summed E-state index contributed by atoms with van der Waals surface area (Å²) < 4.78 is 0. The Kier molecular flexibility index (Phi) is 3.66. The molecule has 0 amide bonds. The summed E-state index contributed by atoms with van der Waals surface area (Å²) in [5.41, 5.74) is 3.39. The lowest BCUT2D eigenvalue weighted by Gasteiger charge is -2.30. The monoisotopic (exact) mass is 257 g/mol. The Morgan fingerprint density at radius 1 is 1.16 bits per heavy atom. The van der Waals surface area contributed by atoms with E-state index >= 15 is 0 Å². The lowest BCUT2D eigenvalue weighted by atomic mass is 9.76. The van der Waals surface area contributed by atoms with Crippen molar-refractivity contribution in [3.05, 3.63) is 35.4 Å². The standard InChI is InChI=1S/C18H27N/c1-18(2,11-12-19-17-9-10-17)16-8-4-7-15(13-16)14-5-3-6-14/h4,7-8,13-14,17,19H,3,5-6,9-12H2,1-2H3. The minimum atomic E-state index is 0.293. The number of benzene rings is 1. The molecular weight excluding hydrogens is 230 g/mol. The molecule has 0 heterocycles. The van der Waals surface area contributed by atoms with Crippen molar-refractivity contribution in [2.24, 2.45) is 0 Å². The second-order valence-corrected chi connectivity index (χ2v) is 7.12. The molecule has 1 nitrogen and oxygen atoms in total. The van der Waals surface area contributed by atoms with Crippen molar-refractivity contribution in [3.8, 4) is 0 Å². The molecule has 0 atom stereocenters. The number of nitrogens with one attached hydrogen (secondary N) is 1. The average molecular weight is 257 g/mol. The maximum Gasteiger partial charge on any atom is 0.00682 e. The van der Waals surface area contributed by atoms with Crippen LogP contribution in [0.2, 0.25) is 0 Å². The van der Waals surface area contributed by atoms with Crippen LogP contribution in [0.5, 0.6) is 0 Å². The van der Waals surface area contributed by atoms with Gasteiger partial charge in [-0.25, -0.2) is 0 Å². The van der Waals surface area contributed by atoms with Gasteiger partial charge in [0.1, 0.15) is 0 Å². The molecule has 2 aliphatic carbocycles. The smallest absolute Gasteiger partial charge is 0.00682 e. The van der Waals surface area contributed by atoms with E-state index in [0.717, 1.165) is 18.5 Å². The second-order valence-electron chi connectivity index (χ2n) is 7.12. The molecule has 3 rings (SSSR count). The summed E-state index contributed by atoms with van der Waals surface area (Å²) in [4.78, 5) is 0. The lowest BCUT2D eigenvalue weighted by molar-refractivity contribution is 0.416. The molecule has 1 N–H and O–H groups in total. The maximum atomic E-state index is 3.64. The van der Waals surface area contributed by atoms with Crippen LogP contribution in [0, 0.1) is 0 Å². The third-order valence-corrected chi connectivity index (χ3v) is 5.01. The minimum Gasteiger partial charge on any atom is -0.314 e. The number of hydrogen-bond donors (Lipinski definition) is 1. The Hall–Kier alpha value is -0.820. The zero-order valence-corrected chi connectivity index (χ0v) is 12.4. The van der Waals surface area contributed by atoms with Crippen LogP contribution in [0.25, 0.3) is 0 Å². The lowest BCUT2D eigenvalue weighted by Crippen LogP contribution is -2.26. The molecule has 104 valence electrons. The molecule has 2 aliphatic rings. The first-order valence-electron chi connectivity index (χ1n) is 7.99. The van der Waals surface area contributed by atoms with Crippen LogP contribution in [-0.2, 0) is 5.41 Å². The second kappa shape index (κ2) is 5.28. The molecule has 1 heteroatoms. The fraction of sp³-hybridized carbons (Fsp3) is 0.667. The maximum absolute atomic E-state index is 3.64. The largest absolute Gasteiger partial charge is 0.314 e. The summed E-state index contributed by atoms with van der Waals surface area (Å²) in [5.74, 6) is 0.848. The van der Waals surface area contributed by atoms with Gasteiger partial charge in [0.2, 0.25) is 0 Å². The molecule has 0 spiro atoms. The zero-order chi connectivity index (χ0) is 13.3. The molecule has 1 aromatic carbocycles. The fourth-order valence-corrected chi connectivity index (χ4v) is 2.98. The summed E-state index contributed by atoms with van der Waals surface area (Å²) in [7, 11) is 0. The highest BCUT2D eigenvalue weighted by Gasteiger charge is 2.25. The van der Waals surface area contributed by atoms with Gasteiger partial charge < -0.3 is 5.32 Å². The van der Waals surface area contributed by atoms with Gasteiger partial charge >= 0.3 is 0 Å². The summed E-state index contributed by atoms with van der Waals surface area (Å²) in [6.45, 7) is 5.94. The highest BCUT2D eigenvalue weighted by Crippen LogP contribution is 2.38. The van der Waals surface area contributed by atoms with Gasteiger partial charge in [-0.2, -0.15) is 0 Å². The third-order valence-electron chi connectivity index (χ3n) is 5.01. The first-order valence-corrected chi connectivity index (χ1v) is 7.99. The number of rotatable bonds is 6. The third kappa shape index (κ3) is 3.20. The van der Waals surface area contributed by atoms with Crippen molar-refractivity contribution in [2.75, 3.05) is 6.54 Å². The van der Waals surface area contributed by atoms with E-state index in [1.165, 1.54) is 44.1 Å². The van der Waals surface area contributed by atoms with Gasteiger partial charge in [0.15, 0.2) is 0 Å². The molecule has 1 aromatic rings. The first-order chi connectivity index (χ1) is 9.15. The molecule has 0 aromatic heterocycles. The van der Waals surface area contributed by atoms with Crippen LogP contribution in [0.3, 0.4) is 0 Å². The quantitative estimate of drug-likeness (QED) is 0.797. The minimum absolute atomic E-state index is 0.293. The SMILES string of the molecule is CC(C)(CCNC1CC1)c1cccc(C2CCC2)c1. The van der Waals surface area contributed by atoms with Gasteiger partial charge in [0.05, 0.1) is 0 Å². The highest BCUT2D eigenvalue weighted by molar-refractivity contribution is 5.32. The Balaban J connectivity index is 1.64. The van der Waals surface area contributed by atoms with Crippen LogP contribution < -0.4 is 5.32 Å². The molecule has 0 unspecified atom stereocenters. The van der Waals surface area contributed by atoms with E-state index in [1.54, 1.807) is 5.56 Å². The molecule has 2 saturated carbocycles. The highest BCUT2D eigenvalue weighted by atomic mass is 14.9. The molecule has 19 heavy (non-hydrogen) atoms. The van der Waals surface area contributed by atoms with E-state index in [1.807, 2.05) is 0 Å². The van der Waals surface area contributed by atoms with Crippen LogP contribution in [0.1, 0.15) is 69.4 Å². The van der Waals surface area contributed by atoms with Gasteiger partial charge in [0.25, 0.3) is 0 Å². The van der Waals surface area contributed by atoms with Crippen molar-refractivity contribution in [2.45, 2.75) is 69.7 Å². The first kappa shape index (κ1) is 13.2.